The summed E-state index contributed by atoms with van der Waals surface area (Å²) < 4.78 is 49.5. The average molecular weight is 988 g/mol. The first-order valence-corrected chi connectivity index (χ1v) is 26.5. The Morgan fingerprint density at radius 2 is 1.66 bits per heavy atom. The van der Waals surface area contributed by atoms with E-state index in [9.17, 15) is 18.8 Å². The van der Waals surface area contributed by atoms with E-state index >= 15 is 4.39 Å². The Balaban J connectivity index is 0.702. The molecule has 1 aliphatic carbocycles. The SMILES string of the molecule is CC(=O)N1CCc2c(c(N3CCCc4cc(-c5cnn(C)c5)c(C(F)F)cc43)nn2C2CCC(CC3CCN(c4ccc(N5CCC6(CC5)C[C@H](C)N(c5ccc(C#N)c(Cl)c5)C6)cc4F)CC3)CC2)C1. The quantitative estimate of drug-likeness (QED) is 0.144. The van der Waals surface area contributed by atoms with E-state index in [1.54, 1.807) is 43.2 Å². The molecule has 4 fully saturated rings. The van der Waals surface area contributed by atoms with Crippen LogP contribution >= 0.6 is 11.6 Å². The maximum Gasteiger partial charge on any atom is 0.264 e. The minimum atomic E-state index is -2.65. The van der Waals surface area contributed by atoms with Crippen LogP contribution in [0.15, 0.2) is 60.9 Å². The Labute approximate surface area is 421 Å². The van der Waals surface area contributed by atoms with Gasteiger partial charge in [0.25, 0.3) is 6.43 Å². The number of alkyl halides is 2. The highest BCUT2D eigenvalue weighted by molar-refractivity contribution is 6.32. The van der Waals surface area contributed by atoms with Crippen molar-refractivity contribution in [3.63, 3.8) is 0 Å². The molecule has 6 aliphatic rings. The van der Waals surface area contributed by atoms with Gasteiger partial charge in [0.15, 0.2) is 5.82 Å². The lowest BCUT2D eigenvalue weighted by Crippen LogP contribution is -2.41. The zero-order chi connectivity index (χ0) is 49.1. The van der Waals surface area contributed by atoms with E-state index in [0.717, 1.165) is 144 Å². The Morgan fingerprint density at radius 1 is 0.901 bits per heavy atom. The standard InChI is InChI=1S/C56H66ClF3N10O/c1-36-30-56(35-69(36)45-11-8-41(31-61)49(57)27-45)17-23-65(24-18-56)44-12-13-52(50(58)28-44)66-20-14-39(15-21-66)25-38-6-9-43(10-7-38)70-51-16-22-67(37(2)71)34-48(51)55(63-70)68-19-4-5-40-26-46(42-32-62-64(3)33-42)47(54(59)60)29-53(40)68/h8,11-13,26-29,32-33,36,38-39,43,54H,4-7,9-10,14-25,30,34-35H2,1-3H3/t36-,38?,43?/m0/s1. The number of hydrogen-bond acceptors (Lipinski definition) is 8. The summed E-state index contributed by atoms with van der Waals surface area (Å²) in [6.45, 7) is 10.2. The number of nitriles is 1. The van der Waals surface area contributed by atoms with E-state index in [2.05, 4.69) is 48.4 Å². The lowest BCUT2D eigenvalue weighted by Gasteiger charge is -2.41. The van der Waals surface area contributed by atoms with Crippen molar-refractivity contribution in [1.82, 2.24) is 24.5 Å². The fourth-order valence-corrected chi connectivity index (χ4v) is 13.8. The summed E-state index contributed by atoms with van der Waals surface area (Å²) in [7, 11) is 1.80. The molecule has 5 aliphatic heterocycles. The number of benzene rings is 3. The van der Waals surface area contributed by atoms with Crippen LogP contribution in [0.25, 0.3) is 11.1 Å². The summed E-state index contributed by atoms with van der Waals surface area (Å²) in [5, 5.41) is 19.5. The van der Waals surface area contributed by atoms with Crippen molar-refractivity contribution < 1.29 is 18.0 Å². The first-order valence-electron chi connectivity index (χ1n) is 26.2. The van der Waals surface area contributed by atoms with Crippen LogP contribution in [-0.2, 0) is 31.2 Å². The van der Waals surface area contributed by atoms with Gasteiger partial charge in [0.05, 0.1) is 35.1 Å². The molecule has 0 N–H and O–H groups in total. The average Bonchev–Trinajstić information content (AvgIpc) is 4.08. The van der Waals surface area contributed by atoms with Gasteiger partial charge in [-0.2, -0.15) is 15.5 Å². The zero-order valence-electron chi connectivity index (χ0n) is 41.4. The summed E-state index contributed by atoms with van der Waals surface area (Å²) in [6.07, 6.45) is 14.1. The van der Waals surface area contributed by atoms with Crippen molar-refractivity contribution >= 4 is 46.1 Å². The first kappa shape index (κ1) is 47.6. The molecule has 0 radical (unpaired) electrons. The molecule has 0 bridgehead atoms. The molecule has 1 atom stereocenters. The van der Waals surface area contributed by atoms with E-state index < -0.39 is 6.43 Å². The summed E-state index contributed by atoms with van der Waals surface area (Å²) in [6, 6.07) is 18.0. The van der Waals surface area contributed by atoms with E-state index in [1.165, 1.54) is 12.1 Å². The van der Waals surface area contributed by atoms with Crippen LogP contribution in [0, 0.1) is 34.4 Å². The number of anilines is 5. The summed E-state index contributed by atoms with van der Waals surface area (Å²) in [4.78, 5) is 23.8. The second-order valence-electron chi connectivity index (χ2n) is 21.8. The van der Waals surface area contributed by atoms with Crippen molar-refractivity contribution in [3.05, 3.63) is 99.7 Å². The number of aryl methyl sites for hydroxylation is 2. The fourth-order valence-electron chi connectivity index (χ4n) is 13.6. The molecule has 3 saturated heterocycles. The molecule has 5 aromatic rings. The maximum atomic E-state index is 16.0. The molecule has 0 unspecified atom stereocenters. The third-order valence-corrected chi connectivity index (χ3v) is 17.8. The topological polar surface area (TPSA) is 92.7 Å². The van der Waals surface area contributed by atoms with Crippen LogP contribution in [0.2, 0.25) is 5.02 Å². The van der Waals surface area contributed by atoms with Gasteiger partial charge in [-0.3, -0.25) is 14.2 Å². The minimum Gasteiger partial charge on any atom is -0.371 e. The van der Waals surface area contributed by atoms with E-state index in [1.807, 2.05) is 35.2 Å². The normalized spacial score (nSPS) is 22.6. The van der Waals surface area contributed by atoms with Crippen LogP contribution < -0.4 is 19.6 Å². The largest absolute Gasteiger partial charge is 0.371 e. The third kappa shape index (κ3) is 9.25. The summed E-state index contributed by atoms with van der Waals surface area (Å²) in [5.74, 6) is 1.97. The second-order valence-corrected chi connectivity index (χ2v) is 22.2. The van der Waals surface area contributed by atoms with Crippen LogP contribution in [0.1, 0.15) is 125 Å². The molecule has 71 heavy (non-hydrogen) atoms. The van der Waals surface area contributed by atoms with Crippen LogP contribution in [-0.4, -0.2) is 82.2 Å². The fraction of sp³-hybridized carbons (Fsp3) is 0.536. The molecule has 3 aromatic carbocycles. The lowest BCUT2D eigenvalue weighted by molar-refractivity contribution is -0.129. The number of nitrogens with zero attached hydrogens (tertiary/aromatic N) is 10. The Hall–Kier alpha value is -5.68. The van der Waals surface area contributed by atoms with Crippen molar-refractivity contribution in [2.24, 2.45) is 24.3 Å². The smallest absolute Gasteiger partial charge is 0.264 e. The Bertz CT molecular complexity index is 2830. The van der Waals surface area contributed by atoms with Crippen molar-refractivity contribution in [2.45, 2.75) is 122 Å². The molecular formula is C56H66ClF3N10O. The Kier molecular flexibility index (Phi) is 13.0. The second kappa shape index (κ2) is 19.4. The minimum absolute atomic E-state index is 0.00359. The molecule has 15 heteroatoms. The molecule has 2 aromatic heterocycles. The molecule has 1 amide bonds. The van der Waals surface area contributed by atoms with Gasteiger partial charge in [-0.1, -0.05) is 11.6 Å². The van der Waals surface area contributed by atoms with Gasteiger partial charge < -0.3 is 24.5 Å². The predicted octanol–water partition coefficient (Wildman–Crippen LogP) is 11.8. The van der Waals surface area contributed by atoms with Gasteiger partial charge in [0, 0.05) is 118 Å². The number of hydrogen-bond donors (Lipinski definition) is 0. The van der Waals surface area contributed by atoms with E-state index in [0.29, 0.717) is 64.9 Å². The molecular weight excluding hydrogens is 921 g/mol. The van der Waals surface area contributed by atoms with Gasteiger partial charge in [-0.25, -0.2) is 13.2 Å². The van der Waals surface area contributed by atoms with Crippen molar-refractivity contribution in [2.75, 3.05) is 65.4 Å². The molecule has 1 saturated carbocycles. The van der Waals surface area contributed by atoms with E-state index in [4.69, 9.17) is 16.7 Å². The van der Waals surface area contributed by atoms with Crippen molar-refractivity contribution in [1.29, 1.82) is 5.26 Å². The van der Waals surface area contributed by atoms with Gasteiger partial charge in [-0.05, 0) is 161 Å². The predicted molar refractivity (Wildman–Crippen MR) is 274 cm³/mol. The highest BCUT2D eigenvalue weighted by Gasteiger charge is 2.44. The van der Waals surface area contributed by atoms with Crippen LogP contribution in [0.3, 0.4) is 0 Å². The summed E-state index contributed by atoms with van der Waals surface area (Å²) >= 11 is 6.41. The number of aromatic nitrogens is 4. The number of halogens is 4. The highest BCUT2D eigenvalue weighted by Crippen LogP contribution is 2.48. The molecule has 11 nitrogen and oxygen atoms in total. The third-order valence-electron chi connectivity index (χ3n) is 17.5. The van der Waals surface area contributed by atoms with E-state index in [-0.39, 0.29) is 28.7 Å². The van der Waals surface area contributed by atoms with Gasteiger partial charge in [-0.15, -0.1) is 0 Å². The molecule has 7 heterocycles. The van der Waals surface area contributed by atoms with Gasteiger partial charge in [0.1, 0.15) is 11.9 Å². The molecule has 374 valence electrons. The Morgan fingerprint density at radius 3 is 2.35 bits per heavy atom. The monoisotopic (exact) mass is 987 g/mol. The van der Waals surface area contributed by atoms with Crippen LogP contribution in [0.4, 0.5) is 41.7 Å². The number of carbonyl (C=O) groups is 1. The maximum absolute atomic E-state index is 16.0. The first-order chi connectivity index (χ1) is 34.3. The molecule has 1 spiro atoms. The number of piperidine rings is 2. The van der Waals surface area contributed by atoms with Gasteiger partial charge in [0.2, 0.25) is 5.91 Å². The zero-order valence-corrected chi connectivity index (χ0v) is 42.2. The lowest BCUT2D eigenvalue weighted by atomic mass is 9.76. The van der Waals surface area contributed by atoms with Gasteiger partial charge >= 0.3 is 0 Å². The number of fused-ring (bicyclic) bond motifs is 2. The highest BCUT2D eigenvalue weighted by atomic mass is 35.5. The number of carbonyl (C=O) groups excluding carboxylic acids is 1. The number of amides is 1. The number of rotatable bonds is 9. The summed E-state index contributed by atoms with van der Waals surface area (Å²) in [5.41, 5.74) is 8.72. The van der Waals surface area contributed by atoms with Crippen LogP contribution in [0.5, 0.6) is 0 Å². The molecule has 11 rings (SSSR count). The van der Waals surface area contributed by atoms with Crippen molar-refractivity contribution in [3.8, 4) is 17.2 Å².